The number of nitriles is 1. The number of aryl methyl sites for hydroxylation is 2. The van der Waals surface area contributed by atoms with E-state index in [-0.39, 0.29) is 22.9 Å². The number of nitrogens with zero attached hydrogens (tertiary/aromatic N) is 3. The third-order valence-electron chi connectivity index (χ3n) is 2.94. The van der Waals surface area contributed by atoms with E-state index < -0.39 is 0 Å². The molecular formula is C15H14N4OS. The Morgan fingerprint density at radius 3 is 2.86 bits per heavy atom. The standard InChI is InChI=1S/C15H14N4OS/c1-9-3-4-10(2)12(5-9)13(20)8-21-15-18-7-11(6-16)14(17)19-15/h3-5,7H,8H2,1-2H3,(H2,17,18,19). The summed E-state index contributed by atoms with van der Waals surface area (Å²) in [5.41, 5.74) is 8.57. The van der Waals surface area contributed by atoms with E-state index in [0.29, 0.717) is 10.7 Å². The molecule has 1 heterocycles. The molecule has 0 unspecified atom stereocenters. The first-order chi connectivity index (χ1) is 10.0. The van der Waals surface area contributed by atoms with Gasteiger partial charge in [-0.05, 0) is 25.5 Å². The fourth-order valence-electron chi connectivity index (χ4n) is 1.78. The maximum Gasteiger partial charge on any atom is 0.189 e. The van der Waals surface area contributed by atoms with Gasteiger partial charge in [0.25, 0.3) is 0 Å². The zero-order valence-corrected chi connectivity index (χ0v) is 12.6. The third kappa shape index (κ3) is 3.58. The van der Waals surface area contributed by atoms with Gasteiger partial charge in [-0.2, -0.15) is 5.26 Å². The highest BCUT2D eigenvalue weighted by molar-refractivity contribution is 7.99. The Morgan fingerprint density at radius 1 is 1.43 bits per heavy atom. The zero-order valence-electron chi connectivity index (χ0n) is 11.8. The molecule has 0 radical (unpaired) electrons. The largest absolute Gasteiger partial charge is 0.382 e. The van der Waals surface area contributed by atoms with E-state index in [1.807, 2.05) is 38.1 Å². The molecule has 5 nitrogen and oxygen atoms in total. The monoisotopic (exact) mass is 298 g/mol. The van der Waals surface area contributed by atoms with Crippen molar-refractivity contribution in [3.05, 3.63) is 46.6 Å². The van der Waals surface area contributed by atoms with Crippen LogP contribution in [-0.4, -0.2) is 21.5 Å². The lowest BCUT2D eigenvalue weighted by atomic mass is 10.0. The van der Waals surface area contributed by atoms with E-state index in [4.69, 9.17) is 11.0 Å². The highest BCUT2D eigenvalue weighted by Crippen LogP contribution is 2.19. The van der Waals surface area contributed by atoms with Crippen LogP contribution >= 0.6 is 11.8 Å². The van der Waals surface area contributed by atoms with Crippen molar-refractivity contribution in [3.63, 3.8) is 0 Å². The number of aromatic nitrogens is 2. The minimum atomic E-state index is 0.0210. The second kappa shape index (κ2) is 6.37. The molecule has 0 spiro atoms. The molecule has 0 amide bonds. The molecule has 1 aromatic heterocycles. The normalized spacial score (nSPS) is 10.1. The van der Waals surface area contributed by atoms with Gasteiger partial charge in [0.05, 0.1) is 11.9 Å². The van der Waals surface area contributed by atoms with Gasteiger partial charge >= 0.3 is 0 Å². The van der Waals surface area contributed by atoms with Gasteiger partial charge in [0.15, 0.2) is 10.9 Å². The molecule has 0 saturated carbocycles. The first-order valence-electron chi connectivity index (χ1n) is 6.27. The summed E-state index contributed by atoms with van der Waals surface area (Å²) >= 11 is 1.21. The van der Waals surface area contributed by atoms with Crippen LogP contribution in [0.4, 0.5) is 5.82 Å². The minimum Gasteiger partial charge on any atom is -0.382 e. The SMILES string of the molecule is Cc1ccc(C)c(C(=O)CSc2ncc(C#N)c(N)n2)c1. The Bertz CT molecular complexity index is 737. The highest BCUT2D eigenvalue weighted by Gasteiger charge is 2.12. The Hall–Kier alpha value is -2.39. The van der Waals surface area contributed by atoms with E-state index >= 15 is 0 Å². The van der Waals surface area contributed by atoms with E-state index in [2.05, 4.69) is 9.97 Å². The molecule has 21 heavy (non-hydrogen) atoms. The number of benzene rings is 1. The van der Waals surface area contributed by atoms with Gasteiger partial charge in [0.1, 0.15) is 17.5 Å². The average Bonchev–Trinajstić information content (AvgIpc) is 2.47. The summed E-state index contributed by atoms with van der Waals surface area (Å²) in [6, 6.07) is 7.69. The number of carbonyl (C=O) groups excluding carboxylic acids is 1. The molecule has 0 aliphatic carbocycles. The maximum absolute atomic E-state index is 12.2. The molecule has 106 valence electrons. The summed E-state index contributed by atoms with van der Waals surface area (Å²) < 4.78 is 0. The summed E-state index contributed by atoms with van der Waals surface area (Å²) in [6.07, 6.45) is 1.37. The molecule has 0 aliphatic rings. The Balaban J connectivity index is 2.09. The molecule has 0 bridgehead atoms. The first-order valence-corrected chi connectivity index (χ1v) is 7.25. The molecule has 0 saturated heterocycles. The van der Waals surface area contributed by atoms with Crippen LogP contribution < -0.4 is 5.73 Å². The highest BCUT2D eigenvalue weighted by atomic mass is 32.2. The van der Waals surface area contributed by atoms with Crippen LogP contribution in [0.2, 0.25) is 0 Å². The van der Waals surface area contributed by atoms with Gasteiger partial charge in [-0.3, -0.25) is 4.79 Å². The maximum atomic E-state index is 12.2. The summed E-state index contributed by atoms with van der Waals surface area (Å²) in [7, 11) is 0. The van der Waals surface area contributed by atoms with E-state index in [1.165, 1.54) is 18.0 Å². The number of ketones is 1. The lowest BCUT2D eigenvalue weighted by molar-refractivity contribution is 0.102. The van der Waals surface area contributed by atoms with Crippen LogP contribution in [0.3, 0.4) is 0 Å². The second-order valence-electron chi connectivity index (χ2n) is 4.59. The van der Waals surface area contributed by atoms with E-state index in [9.17, 15) is 4.79 Å². The van der Waals surface area contributed by atoms with Crippen molar-refractivity contribution in [1.29, 1.82) is 5.26 Å². The fraction of sp³-hybridized carbons (Fsp3) is 0.200. The third-order valence-corrected chi connectivity index (χ3v) is 3.80. The van der Waals surface area contributed by atoms with Crippen LogP contribution in [0.5, 0.6) is 0 Å². The van der Waals surface area contributed by atoms with Gasteiger partial charge in [-0.1, -0.05) is 29.5 Å². The molecule has 2 aromatic rings. The molecule has 0 fully saturated rings. The molecule has 1 aromatic carbocycles. The van der Waals surface area contributed by atoms with Gasteiger partial charge < -0.3 is 5.73 Å². The number of carbonyl (C=O) groups is 1. The van der Waals surface area contributed by atoms with E-state index in [1.54, 1.807) is 0 Å². The van der Waals surface area contributed by atoms with Crippen LogP contribution in [-0.2, 0) is 0 Å². The Kier molecular flexibility index (Phi) is 4.55. The molecule has 2 rings (SSSR count). The van der Waals surface area contributed by atoms with Gasteiger partial charge in [0, 0.05) is 5.56 Å². The van der Waals surface area contributed by atoms with Crippen LogP contribution in [0.25, 0.3) is 0 Å². The quantitative estimate of drug-likeness (QED) is 0.529. The molecule has 2 N–H and O–H groups in total. The molecule has 0 atom stereocenters. The lowest BCUT2D eigenvalue weighted by Crippen LogP contribution is -2.06. The number of rotatable bonds is 4. The average molecular weight is 298 g/mol. The van der Waals surface area contributed by atoms with Gasteiger partial charge in [-0.25, -0.2) is 9.97 Å². The smallest absolute Gasteiger partial charge is 0.189 e. The van der Waals surface area contributed by atoms with Crippen molar-refractivity contribution in [3.8, 4) is 6.07 Å². The number of hydrogen-bond donors (Lipinski definition) is 1. The Labute approximate surface area is 127 Å². The summed E-state index contributed by atoms with van der Waals surface area (Å²) in [5, 5.41) is 9.16. The number of hydrogen-bond acceptors (Lipinski definition) is 6. The van der Waals surface area contributed by atoms with Crippen LogP contribution in [0.1, 0.15) is 27.0 Å². The van der Waals surface area contributed by atoms with Crippen molar-refractivity contribution in [1.82, 2.24) is 9.97 Å². The minimum absolute atomic E-state index is 0.0210. The van der Waals surface area contributed by atoms with Crippen molar-refractivity contribution in [2.45, 2.75) is 19.0 Å². The lowest BCUT2D eigenvalue weighted by Gasteiger charge is -2.06. The predicted molar refractivity (Wildman–Crippen MR) is 82.1 cm³/mol. The van der Waals surface area contributed by atoms with Crippen molar-refractivity contribution < 1.29 is 4.79 Å². The molecular weight excluding hydrogens is 284 g/mol. The van der Waals surface area contributed by atoms with Crippen LogP contribution in [0.15, 0.2) is 29.6 Å². The van der Waals surface area contributed by atoms with Crippen molar-refractivity contribution in [2.24, 2.45) is 0 Å². The molecule has 6 heteroatoms. The number of nitrogens with two attached hydrogens (primary N) is 1. The summed E-state index contributed by atoms with van der Waals surface area (Å²) in [4.78, 5) is 20.3. The van der Waals surface area contributed by atoms with Gasteiger partial charge in [-0.15, -0.1) is 0 Å². The summed E-state index contributed by atoms with van der Waals surface area (Å²) in [5.74, 6) is 0.386. The van der Waals surface area contributed by atoms with E-state index in [0.717, 1.165) is 11.1 Å². The van der Waals surface area contributed by atoms with Crippen molar-refractivity contribution >= 4 is 23.4 Å². The number of anilines is 1. The van der Waals surface area contributed by atoms with Gasteiger partial charge in [0.2, 0.25) is 0 Å². The molecule has 0 aliphatic heterocycles. The zero-order chi connectivity index (χ0) is 15.4. The second-order valence-corrected chi connectivity index (χ2v) is 5.54. The predicted octanol–water partition coefficient (Wildman–Crippen LogP) is 2.52. The van der Waals surface area contributed by atoms with Crippen molar-refractivity contribution in [2.75, 3.05) is 11.5 Å². The number of thioether (sulfide) groups is 1. The Morgan fingerprint density at radius 2 is 2.19 bits per heavy atom. The first kappa shape index (κ1) is 15.0. The topological polar surface area (TPSA) is 92.7 Å². The number of nitrogen functional groups attached to an aromatic ring is 1. The number of Topliss-reactive ketones (excluding diaryl/α,β-unsaturated/α-hetero) is 1. The fourth-order valence-corrected chi connectivity index (χ4v) is 2.48. The summed E-state index contributed by atoms with van der Waals surface area (Å²) in [6.45, 7) is 3.86. The van der Waals surface area contributed by atoms with Crippen LogP contribution in [0, 0.1) is 25.2 Å².